The number of halogens is 1. The van der Waals surface area contributed by atoms with Crippen LogP contribution in [0.4, 0.5) is 0 Å². The second-order valence-electron chi connectivity index (χ2n) is 3.26. The summed E-state index contributed by atoms with van der Waals surface area (Å²) in [5.41, 5.74) is 1.97. The van der Waals surface area contributed by atoms with Crippen LogP contribution in [0.2, 0.25) is 0 Å². The minimum absolute atomic E-state index is 0.0260. The molecule has 0 saturated carbocycles. The van der Waals surface area contributed by atoms with Crippen LogP contribution in [-0.4, -0.2) is 4.98 Å². The Labute approximate surface area is 96.5 Å². The number of aromatic amines is 1. The number of nitrogens with one attached hydrogen (secondary N) is 1. The molecule has 1 aromatic heterocycles. The summed E-state index contributed by atoms with van der Waals surface area (Å²) in [6.45, 7) is 0. The molecule has 78 valence electrons. The maximum absolute atomic E-state index is 10.9. The summed E-state index contributed by atoms with van der Waals surface area (Å²) in [5, 5.41) is 1.73. The first-order chi connectivity index (χ1) is 7.25. The van der Waals surface area contributed by atoms with Crippen LogP contribution in [0.1, 0.15) is 16.6 Å². The molecule has 1 N–H and O–H groups in total. The fourth-order valence-electron chi connectivity index (χ4n) is 1.39. The third-order valence-corrected chi connectivity index (χ3v) is 3.26. The zero-order chi connectivity index (χ0) is 10.7. The molecule has 0 aliphatic rings. The molecule has 1 heterocycles. The van der Waals surface area contributed by atoms with Crippen LogP contribution in [0.25, 0.3) is 0 Å². The molecule has 0 aliphatic carbocycles. The van der Waals surface area contributed by atoms with Gasteiger partial charge in [-0.15, -0.1) is 11.6 Å². The van der Waals surface area contributed by atoms with Crippen molar-refractivity contribution in [3.05, 3.63) is 56.6 Å². The molecule has 0 aliphatic heterocycles. The zero-order valence-corrected chi connectivity index (χ0v) is 9.52. The number of alkyl halides is 1. The van der Waals surface area contributed by atoms with E-state index in [1.54, 1.807) is 0 Å². The number of aromatic nitrogens is 1. The van der Waals surface area contributed by atoms with Crippen molar-refractivity contribution in [2.24, 2.45) is 0 Å². The lowest BCUT2D eigenvalue weighted by Gasteiger charge is -2.07. The van der Waals surface area contributed by atoms with Gasteiger partial charge < -0.3 is 4.98 Å². The van der Waals surface area contributed by atoms with E-state index in [0.717, 1.165) is 11.3 Å². The van der Waals surface area contributed by atoms with Crippen LogP contribution in [-0.2, 0) is 6.42 Å². The van der Waals surface area contributed by atoms with Crippen molar-refractivity contribution in [3.63, 3.8) is 0 Å². The van der Waals surface area contributed by atoms with Gasteiger partial charge in [0.05, 0.1) is 5.38 Å². The second-order valence-corrected chi connectivity index (χ2v) is 4.62. The summed E-state index contributed by atoms with van der Waals surface area (Å²) >= 11 is 7.40. The van der Waals surface area contributed by atoms with Gasteiger partial charge in [0.2, 0.25) is 0 Å². The Bertz CT molecular complexity index is 477. The highest BCUT2D eigenvalue weighted by Crippen LogP contribution is 2.23. The van der Waals surface area contributed by atoms with Gasteiger partial charge in [0.25, 0.3) is 0 Å². The van der Waals surface area contributed by atoms with Crippen molar-refractivity contribution < 1.29 is 0 Å². The molecule has 4 heteroatoms. The van der Waals surface area contributed by atoms with Crippen LogP contribution >= 0.6 is 22.9 Å². The number of benzene rings is 1. The minimum atomic E-state index is -0.0866. The normalized spacial score (nSPS) is 12.6. The van der Waals surface area contributed by atoms with E-state index >= 15 is 0 Å². The third kappa shape index (κ3) is 2.70. The van der Waals surface area contributed by atoms with Crippen molar-refractivity contribution in [3.8, 4) is 0 Å². The first-order valence-corrected chi connectivity index (χ1v) is 5.93. The molecule has 0 spiro atoms. The van der Waals surface area contributed by atoms with Crippen molar-refractivity contribution in [2.45, 2.75) is 11.8 Å². The quantitative estimate of drug-likeness (QED) is 0.821. The first-order valence-electron chi connectivity index (χ1n) is 4.61. The lowest BCUT2D eigenvalue weighted by atomic mass is 10.1. The molecule has 2 rings (SSSR count). The van der Waals surface area contributed by atoms with Crippen molar-refractivity contribution in [1.82, 2.24) is 4.98 Å². The molecule has 0 saturated heterocycles. The number of H-pyrrole nitrogens is 1. The van der Waals surface area contributed by atoms with E-state index in [-0.39, 0.29) is 10.3 Å². The Balaban J connectivity index is 2.10. The predicted octanol–water partition coefficient (Wildman–Crippen LogP) is 2.96. The molecule has 2 nitrogen and oxygen atoms in total. The average Bonchev–Trinajstić information content (AvgIpc) is 2.65. The summed E-state index contributed by atoms with van der Waals surface area (Å²) in [7, 11) is 0. The molecule has 15 heavy (non-hydrogen) atoms. The van der Waals surface area contributed by atoms with Gasteiger partial charge in [-0.25, -0.2) is 0 Å². The highest BCUT2D eigenvalue weighted by molar-refractivity contribution is 7.07. The molecular formula is C11H10ClNOS. The molecule has 0 bridgehead atoms. The van der Waals surface area contributed by atoms with Gasteiger partial charge in [-0.1, -0.05) is 41.7 Å². The van der Waals surface area contributed by atoms with Gasteiger partial charge in [0, 0.05) is 17.5 Å². The largest absolute Gasteiger partial charge is 0.317 e. The summed E-state index contributed by atoms with van der Waals surface area (Å²) in [4.78, 5) is 13.7. The van der Waals surface area contributed by atoms with Gasteiger partial charge in [0.1, 0.15) is 0 Å². The van der Waals surface area contributed by atoms with Crippen molar-refractivity contribution in [2.75, 3.05) is 0 Å². The minimum Gasteiger partial charge on any atom is -0.317 e. The van der Waals surface area contributed by atoms with Crippen LogP contribution in [0, 0.1) is 0 Å². The topological polar surface area (TPSA) is 32.9 Å². The molecule has 1 atom stereocenters. The van der Waals surface area contributed by atoms with Crippen LogP contribution < -0.4 is 4.87 Å². The summed E-state index contributed by atoms with van der Waals surface area (Å²) in [5.74, 6) is 0. The first kappa shape index (κ1) is 10.5. The van der Waals surface area contributed by atoms with E-state index in [9.17, 15) is 4.79 Å². The van der Waals surface area contributed by atoms with Gasteiger partial charge in [0.15, 0.2) is 0 Å². The Kier molecular flexibility index (Phi) is 3.23. The number of hydrogen-bond acceptors (Lipinski definition) is 2. The van der Waals surface area contributed by atoms with Crippen molar-refractivity contribution >= 4 is 22.9 Å². The lowest BCUT2D eigenvalue weighted by Crippen LogP contribution is -1.99. The smallest absolute Gasteiger partial charge is 0.304 e. The second kappa shape index (κ2) is 4.64. The maximum Gasteiger partial charge on any atom is 0.304 e. The van der Waals surface area contributed by atoms with Gasteiger partial charge in [-0.3, -0.25) is 4.79 Å². The lowest BCUT2D eigenvalue weighted by molar-refractivity contribution is 0.887. The highest BCUT2D eigenvalue weighted by atomic mass is 35.5. The van der Waals surface area contributed by atoms with Gasteiger partial charge >= 0.3 is 4.87 Å². The third-order valence-electron chi connectivity index (χ3n) is 2.13. The molecule has 0 fully saturated rings. The predicted molar refractivity (Wildman–Crippen MR) is 63.7 cm³/mol. The molecular weight excluding hydrogens is 230 g/mol. The summed E-state index contributed by atoms with van der Waals surface area (Å²) in [6.07, 6.45) is 0.657. The fourth-order valence-corrected chi connectivity index (χ4v) is 2.29. The van der Waals surface area contributed by atoms with Crippen LogP contribution in [0.5, 0.6) is 0 Å². The van der Waals surface area contributed by atoms with Crippen molar-refractivity contribution in [1.29, 1.82) is 0 Å². The average molecular weight is 240 g/mol. The molecule has 0 amide bonds. The monoisotopic (exact) mass is 239 g/mol. The Hall–Kier alpha value is -1.06. The zero-order valence-electron chi connectivity index (χ0n) is 7.94. The number of thiazole rings is 1. The number of hydrogen-bond donors (Lipinski definition) is 1. The van der Waals surface area contributed by atoms with Crippen LogP contribution in [0.3, 0.4) is 0 Å². The molecule has 0 radical (unpaired) electrons. The number of rotatable bonds is 3. The summed E-state index contributed by atoms with van der Waals surface area (Å²) in [6, 6.07) is 9.85. The standard InChI is InChI=1S/C11H10ClNOS/c12-10(8-4-2-1-3-5-8)6-9-7-15-11(14)13-9/h1-5,7,10H,6H2,(H,13,14). The van der Waals surface area contributed by atoms with E-state index < -0.39 is 0 Å². The fraction of sp³-hybridized carbons (Fsp3) is 0.182. The highest BCUT2D eigenvalue weighted by Gasteiger charge is 2.09. The van der Waals surface area contributed by atoms with E-state index in [0.29, 0.717) is 6.42 Å². The molecule has 2 aromatic rings. The van der Waals surface area contributed by atoms with E-state index in [4.69, 9.17) is 11.6 Å². The molecule has 1 unspecified atom stereocenters. The van der Waals surface area contributed by atoms with E-state index in [1.807, 2.05) is 35.7 Å². The van der Waals surface area contributed by atoms with E-state index in [1.165, 1.54) is 11.3 Å². The molecule has 1 aromatic carbocycles. The van der Waals surface area contributed by atoms with Gasteiger partial charge in [-0.05, 0) is 5.56 Å². The maximum atomic E-state index is 10.9. The SMILES string of the molecule is O=c1[nH]c(CC(Cl)c2ccccc2)cs1. The Morgan fingerprint density at radius 1 is 1.33 bits per heavy atom. The Morgan fingerprint density at radius 3 is 2.67 bits per heavy atom. The van der Waals surface area contributed by atoms with Gasteiger partial charge in [-0.2, -0.15) is 0 Å². The van der Waals surface area contributed by atoms with Crippen LogP contribution in [0.15, 0.2) is 40.5 Å². The summed E-state index contributed by atoms with van der Waals surface area (Å²) < 4.78 is 0. The van der Waals surface area contributed by atoms with E-state index in [2.05, 4.69) is 4.98 Å². The Morgan fingerprint density at radius 2 is 2.07 bits per heavy atom.